The quantitative estimate of drug-likeness (QED) is 0.630. The maximum absolute atomic E-state index is 11.6. The minimum Gasteiger partial charge on any atom is -0.497 e. The highest BCUT2D eigenvalue weighted by Crippen LogP contribution is 2.16. The molecule has 0 saturated heterocycles. The van der Waals surface area contributed by atoms with E-state index in [0.717, 1.165) is 22.2 Å². The molecule has 2 rings (SSSR count). The summed E-state index contributed by atoms with van der Waals surface area (Å²) in [7, 11) is 1.62. The highest BCUT2D eigenvalue weighted by atomic mass is 32.1. The first-order chi connectivity index (χ1) is 10.7. The Morgan fingerprint density at radius 3 is 2.68 bits per heavy atom. The fourth-order valence-corrected chi connectivity index (χ4v) is 2.27. The van der Waals surface area contributed by atoms with E-state index >= 15 is 0 Å². The van der Waals surface area contributed by atoms with E-state index in [1.165, 1.54) is 6.08 Å². The van der Waals surface area contributed by atoms with Gasteiger partial charge in [0, 0.05) is 11.5 Å². The van der Waals surface area contributed by atoms with Gasteiger partial charge in [-0.3, -0.25) is 4.79 Å². The van der Waals surface area contributed by atoms with Crippen LogP contribution in [0.5, 0.6) is 11.5 Å². The molecule has 0 fully saturated rings. The number of rotatable bonds is 7. The SMILES string of the molecule is COc1ccc(OCCNC(=O)/C=C/c2csc(C)n2)cc1. The summed E-state index contributed by atoms with van der Waals surface area (Å²) in [5.74, 6) is 1.36. The van der Waals surface area contributed by atoms with Gasteiger partial charge < -0.3 is 14.8 Å². The standard InChI is InChI=1S/C16H18N2O3S/c1-12-18-13(11-22-12)3-8-16(19)17-9-10-21-15-6-4-14(20-2)5-7-15/h3-8,11H,9-10H2,1-2H3,(H,17,19)/b8-3+. The Labute approximate surface area is 133 Å². The van der Waals surface area contributed by atoms with Crippen molar-refractivity contribution in [3.63, 3.8) is 0 Å². The fourth-order valence-electron chi connectivity index (χ4n) is 1.69. The van der Waals surface area contributed by atoms with Gasteiger partial charge in [-0.1, -0.05) is 0 Å². The van der Waals surface area contributed by atoms with Crippen LogP contribution in [0.25, 0.3) is 6.08 Å². The number of methoxy groups -OCH3 is 1. The summed E-state index contributed by atoms with van der Waals surface area (Å²) < 4.78 is 10.6. The molecule has 0 radical (unpaired) electrons. The van der Waals surface area contributed by atoms with Crippen LogP contribution in [0.4, 0.5) is 0 Å². The number of hydrogen-bond donors (Lipinski definition) is 1. The predicted octanol–water partition coefficient (Wildman–Crippen LogP) is 2.67. The van der Waals surface area contributed by atoms with E-state index in [0.29, 0.717) is 13.2 Å². The predicted molar refractivity (Wildman–Crippen MR) is 87.4 cm³/mol. The van der Waals surface area contributed by atoms with E-state index < -0.39 is 0 Å². The van der Waals surface area contributed by atoms with E-state index in [-0.39, 0.29) is 5.91 Å². The highest BCUT2D eigenvalue weighted by Gasteiger charge is 1.98. The first kappa shape index (κ1) is 16.0. The largest absolute Gasteiger partial charge is 0.497 e. The molecule has 0 aliphatic rings. The number of carbonyl (C=O) groups excluding carboxylic acids is 1. The number of nitrogens with one attached hydrogen (secondary N) is 1. The molecule has 0 aliphatic heterocycles. The molecule has 1 aromatic heterocycles. The molecule has 1 N–H and O–H groups in total. The number of benzene rings is 1. The lowest BCUT2D eigenvalue weighted by Crippen LogP contribution is -2.26. The molecule has 2 aromatic rings. The molecule has 1 aromatic carbocycles. The summed E-state index contributed by atoms with van der Waals surface area (Å²) in [6.45, 7) is 2.77. The van der Waals surface area contributed by atoms with E-state index in [9.17, 15) is 4.79 Å². The van der Waals surface area contributed by atoms with Crippen molar-refractivity contribution in [2.45, 2.75) is 6.92 Å². The molecule has 0 saturated carbocycles. The smallest absolute Gasteiger partial charge is 0.244 e. The Hall–Kier alpha value is -2.34. The van der Waals surface area contributed by atoms with Gasteiger partial charge in [0.2, 0.25) is 5.91 Å². The van der Waals surface area contributed by atoms with Gasteiger partial charge in [-0.25, -0.2) is 4.98 Å². The third-order valence-corrected chi connectivity index (χ3v) is 3.56. The van der Waals surface area contributed by atoms with Crippen LogP contribution in [0, 0.1) is 6.92 Å². The average Bonchev–Trinajstić information content (AvgIpc) is 2.96. The van der Waals surface area contributed by atoms with Gasteiger partial charge in [0.25, 0.3) is 0 Å². The normalized spacial score (nSPS) is 10.6. The average molecular weight is 318 g/mol. The molecule has 0 atom stereocenters. The molecule has 6 heteroatoms. The zero-order valence-electron chi connectivity index (χ0n) is 12.5. The molecule has 0 aliphatic carbocycles. The van der Waals surface area contributed by atoms with Crippen molar-refractivity contribution in [3.8, 4) is 11.5 Å². The second kappa shape index (κ2) is 8.19. The molecular formula is C16H18N2O3S. The van der Waals surface area contributed by atoms with Crippen LogP contribution in [0.2, 0.25) is 0 Å². The van der Waals surface area contributed by atoms with Gasteiger partial charge in [-0.2, -0.15) is 0 Å². The maximum atomic E-state index is 11.6. The van der Waals surface area contributed by atoms with Crippen molar-refractivity contribution in [1.82, 2.24) is 10.3 Å². The number of aryl methyl sites for hydroxylation is 1. The van der Waals surface area contributed by atoms with Gasteiger partial charge in [-0.05, 0) is 37.3 Å². The van der Waals surface area contributed by atoms with Gasteiger partial charge in [-0.15, -0.1) is 11.3 Å². The Balaban J connectivity index is 1.67. The monoisotopic (exact) mass is 318 g/mol. The second-order valence-corrected chi connectivity index (χ2v) is 5.50. The first-order valence-electron chi connectivity index (χ1n) is 6.82. The van der Waals surface area contributed by atoms with Crippen molar-refractivity contribution in [2.24, 2.45) is 0 Å². The van der Waals surface area contributed by atoms with E-state index in [2.05, 4.69) is 10.3 Å². The third kappa shape index (κ3) is 5.21. The lowest BCUT2D eigenvalue weighted by atomic mass is 10.3. The third-order valence-electron chi connectivity index (χ3n) is 2.77. The van der Waals surface area contributed by atoms with E-state index in [1.54, 1.807) is 24.5 Å². The van der Waals surface area contributed by atoms with Crippen LogP contribution < -0.4 is 14.8 Å². The lowest BCUT2D eigenvalue weighted by Gasteiger charge is -2.07. The van der Waals surface area contributed by atoms with Gasteiger partial charge in [0.15, 0.2) is 0 Å². The van der Waals surface area contributed by atoms with E-state index in [4.69, 9.17) is 9.47 Å². The summed E-state index contributed by atoms with van der Waals surface area (Å²) in [4.78, 5) is 15.9. The Morgan fingerprint density at radius 2 is 2.05 bits per heavy atom. The van der Waals surface area contributed by atoms with Crippen molar-refractivity contribution < 1.29 is 14.3 Å². The number of hydrogen-bond acceptors (Lipinski definition) is 5. The number of thiazole rings is 1. The minimum absolute atomic E-state index is 0.163. The van der Waals surface area contributed by atoms with Crippen molar-refractivity contribution in [3.05, 3.63) is 46.4 Å². The molecule has 22 heavy (non-hydrogen) atoms. The molecule has 1 amide bonds. The number of ether oxygens (including phenoxy) is 2. The van der Waals surface area contributed by atoms with Crippen molar-refractivity contribution in [1.29, 1.82) is 0 Å². The highest BCUT2D eigenvalue weighted by molar-refractivity contribution is 7.09. The van der Waals surface area contributed by atoms with Gasteiger partial charge in [0.1, 0.15) is 18.1 Å². The fraction of sp³-hybridized carbons (Fsp3) is 0.250. The Kier molecular flexibility index (Phi) is 5.97. The first-order valence-corrected chi connectivity index (χ1v) is 7.70. The zero-order valence-corrected chi connectivity index (χ0v) is 13.4. The van der Waals surface area contributed by atoms with Crippen LogP contribution in [0.15, 0.2) is 35.7 Å². The van der Waals surface area contributed by atoms with Crippen LogP contribution in [-0.4, -0.2) is 31.2 Å². The minimum atomic E-state index is -0.163. The zero-order chi connectivity index (χ0) is 15.8. The summed E-state index contributed by atoms with van der Waals surface area (Å²) in [5.41, 5.74) is 0.798. The van der Waals surface area contributed by atoms with Gasteiger partial charge >= 0.3 is 0 Å². The molecule has 0 bridgehead atoms. The molecule has 0 unspecified atom stereocenters. The van der Waals surface area contributed by atoms with E-state index in [1.807, 2.05) is 36.6 Å². The number of amides is 1. The Morgan fingerprint density at radius 1 is 1.32 bits per heavy atom. The van der Waals surface area contributed by atoms with Gasteiger partial charge in [0.05, 0.1) is 24.4 Å². The summed E-state index contributed by atoms with van der Waals surface area (Å²) in [6.07, 6.45) is 3.17. The van der Waals surface area contributed by atoms with Crippen LogP contribution in [-0.2, 0) is 4.79 Å². The number of carbonyl (C=O) groups is 1. The molecular weight excluding hydrogens is 300 g/mol. The summed E-state index contributed by atoms with van der Waals surface area (Å²) in [5, 5.41) is 5.64. The summed E-state index contributed by atoms with van der Waals surface area (Å²) >= 11 is 1.55. The Bertz CT molecular complexity index is 635. The van der Waals surface area contributed by atoms with Crippen LogP contribution in [0.1, 0.15) is 10.7 Å². The van der Waals surface area contributed by atoms with Crippen molar-refractivity contribution >= 4 is 23.3 Å². The molecule has 1 heterocycles. The van der Waals surface area contributed by atoms with Crippen molar-refractivity contribution in [2.75, 3.05) is 20.3 Å². The topological polar surface area (TPSA) is 60.5 Å². The van der Waals surface area contributed by atoms with Crippen LogP contribution >= 0.6 is 11.3 Å². The molecule has 0 spiro atoms. The summed E-state index contributed by atoms with van der Waals surface area (Å²) in [6, 6.07) is 7.30. The molecule has 116 valence electrons. The lowest BCUT2D eigenvalue weighted by molar-refractivity contribution is -0.116. The maximum Gasteiger partial charge on any atom is 0.244 e. The number of aromatic nitrogens is 1. The number of nitrogens with zero attached hydrogens (tertiary/aromatic N) is 1. The van der Waals surface area contributed by atoms with Crippen LogP contribution in [0.3, 0.4) is 0 Å². The molecule has 5 nitrogen and oxygen atoms in total. The second-order valence-electron chi connectivity index (χ2n) is 4.44.